The van der Waals surface area contributed by atoms with Crippen molar-refractivity contribution in [1.29, 1.82) is 0 Å². The molecule has 0 saturated heterocycles. The first-order valence-corrected chi connectivity index (χ1v) is 7.86. The maximum atomic E-state index is 12.7. The fourth-order valence-corrected chi connectivity index (χ4v) is 3.44. The number of hydrogen-bond acceptors (Lipinski definition) is 5. The highest BCUT2D eigenvalue weighted by molar-refractivity contribution is 7.18. The molecule has 2 aromatic heterocycles. The van der Waals surface area contributed by atoms with E-state index in [9.17, 15) is 4.79 Å². The monoisotopic (exact) mass is 315 g/mol. The number of aromatic nitrogens is 2. The lowest BCUT2D eigenvalue weighted by Crippen LogP contribution is -2.30. The Morgan fingerprint density at radius 2 is 2.05 bits per heavy atom. The van der Waals surface area contributed by atoms with Crippen LogP contribution in [0.2, 0.25) is 0 Å². The van der Waals surface area contributed by atoms with Crippen molar-refractivity contribution in [1.82, 2.24) is 15.0 Å². The van der Waals surface area contributed by atoms with Crippen LogP contribution in [0, 0.1) is 13.8 Å². The average Bonchev–Trinajstić information content (AvgIpc) is 3.08. The van der Waals surface area contributed by atoms with Crippen LogP contribution in [0.3, 0.4) is 0 Å². The Hall–Kier alpha value is -2.21. The highest BCUT2D eigenvalue weighted by Gasteiger charge is 2.26. The SMILES string of the molecule is Cc1noc(C)c1C(=O)N(C)[C@H](C)c1nc2ccccc2s1. The zero-order valence-corrected chi connectivity index (χ0v) is 13.8. The van der Waals surface area contributed by atoms with Gasteiger partial charge in [0.05, 0.1) is 22.0 Å². The summed E-state index contributed by atoms with van der Waals surface area (Å²) < 4.78 is 6.22. The van der Waals surface area contributed by atoms with Gasteiger partial charge in [-0.3, -0.25) is 4.79 Å². The number of fused-ring (bicyclic) bond motifs is 1. The van der Waals surface area contributed by atoms with Gasteiger partial charge in [0.2, 0.25) is 0 Å². The molecule has 22 heavy (non-hydrogen) atoms. The average molecular weight is 315 g/mol. The van der Waals surface area contributed by atoms with Crippen molar-refractivity contribution in [3.05, 3.63) is 46.3 Å². The van der Waals surface area contributed by atoms with Gasteiger partial charge < -0.3 is 9.42 Å². The molecular weight excluding hydrogens is 298 g/mol. The summed E-state index contributed by atoms with van der Waals surface area (Å²) in [6.07, 6.45) is 0. The fraction of sp³-hybridized carbons (Fsp3) is 0.312. The number of carbonyl (C=O) groups excluding carboxylic acids is 1. The third-order valence-corrected chi connectivity index (χ3v) is 5.02. The van der Waals surface area contributed by atoms with E-state index < -0.39 is 0 Å². The Morgan fingerprint density at radius 3 is 2.68 bits per heavy atom. The van der Waals surface area contributed by atoms with E-state index in [-0.39, 0.29) is 11.9 Å². The molecule has 0 radical (unpaired) electrons. The number of carbonyl (C=O) groups is 1. The van der Waals surface area contributed by atoms with E-state index in [1.165, 1.54) is 0 Å². The van der Waals surface area contributed by atoms with Gasteiger partial charge in [-0.05, 0) is 32.9 Å². The molecular formula is C16H17N3O2S. The predicted octanol–water partition coefficient (Wildman–Crippen LogP) is 3.73. The van der Waals surface area contributed by atoms with Crippen molar-refractivity contribution in [2.75, 3.05) is 7.05 Å². The zero-order chi connectivity index (χ0) is 15.9. The molecule has 1 atom stereocenters. The normalized spacial score (nSPS) is 12.5. The second-order valence-corrected chi connectivity index (χ2v) is 6.37. The van der Waals surface area contributed by atoms with Crippen LogP contribution >= 0.6 is 11.3 Å². The van der Waals surface area contributed by atoms with Gasteiger partial charge >= 0.3 is 0 Å². The Balaban J connectivity index is 1.91. The summed E-state index contributed by atoms with van der Waals surface area (Å²) in [7, 11) is 1.78. The molecule has 0 fully saturated rings. The van der Waals surface area contributed by atoms with Crippen LogP contribution in [0.15, 0.2) is 28.8 Å². The van der Waals surface area contributed by atoms with E-state index in [1.54, 1.807) is 37.1 Å². The highest BCUT2D eigenvalue weighted by Crippen LogP contribution is 2.30. The molecule has 0 spiro atoms. The zero-order valence-electron chi connectivity index (χ0n) is 13.0. The van der Waals surface area contributed by atoms with E-state index in [2.05, 4.69) is 10.1 Å². The molecule has 3 aromatic rings. The minimum absolute atomic E-state index is 0.0944. The maximum absolute atomic E-state index is 12.7. The third-order valence-electron chi connectivity index (χ3n) is 3.82. The molecule has 0 bridgehead atoms. The Bertz CT molecular complexity index is 784. The van der Waals surface area contributed by atoms with Crippen LogP contribution in [-0.4, -0.2) is 28.0 Å². The third kappa shape index (κ3) is 2.39. The van der Waals surface area contributed by atoms with Gasteiger partial charge in [0.1, 0.15) is 16.3 Å². The van der Waals surface area contributed by atoms with Crippen LogP contribution in [-0.2, 0) is 0 Å². The molecule has 1 aromatic carbocycles. The molecule has 3 rings (SSSR count). The van der Waals surface area contributed by atoms with E-state index >= 15 is 0 Å². The number of nitrogens with zero attached hydrogens (tertiary/aromatic N) is 3. The van der Waals surface area contributed by atoms with Crippen LogP contribution in [0.25, 0.3) is 10.2 Å². The number of thiazole rings is 1. The van der Waals surface area contributed by atoms with Crippen molar-refractivity contribution in [3.8, 4) is 0 Å². The highest BCUT2D eigenvalue weighted by atomic mass is 32.1. The van der Waals surface area contributed by atoms with E-state index in [4.69, 9.17) is 4.52 Å². The predicted molar refractivity (Wildman–Crippen MR) is 86.1 cm³/mol. The quantitative estimate of drug-likeness (QED) is 0.739. The molecule has 6 heteroatoms. The molecule has 1 amide bonds. The minimum atomic E-state index is -0.112. The minimum Gasteiger partial charge on any atom is -0.361 e. The van der Waals surface area contributed by atoms with Crippen molar-refractivity contribution < 1.29 is 9.32 Å². The van der Waals surface area contributed by atoms with Gasteiger partial charge in [0.15, 0.2) is 0 Å². The molecule has 0 unspecified atom stereocenters. The summed E-state index contributed by atoms with van der Waals surface area (Å²) in [5.74, 6) is 0.453. The second kappa shape index (κ2) is 5.53. The molecule has 0 aliphatic rings. The standard InChI is InChI=1S/C16H17N3O2S/c1-9-14(11(3)21-18-9)16(20)19(4)10(2)15-17-12-7-5-6-8-13(12)22-15/h5-8,10H,1-4H3/t10-/m1/s1. The lowest BCUT2D eigenvalue weighted by atomic mass is 10.1. The summed E-state index contributed by atoms with van der Waals surface area (Å²) in [6, 6.07) is 7.87. The molecule has 0 N–H and O–H groups in total. The van der Waals surface area contributed by atoms with Gasteiger partial charge in [-0.2, -0.15) is 0 Å². The van der Waals surface area contributed by atoms with Gasteiger partial charge in [0, 0.05) is 7.05 Å². The lowest BCUT2D eigenvalue weighted by Gasteiger charge is -2.23. The van der Waals surface area contributed by atoms with E-state index in [1.807, 2.05) is 31.2 Å². The van der Waals surface area contributed by atoms with E-state index in [0.717, 1.165) is 15.2 Å². The molecule has 5 nitrogen and oxygen atoms in total. The number of aryl methyl sites for hydroxylation is 2. The van der Waals surface area contributed by atoms with Gasteiger partial charge in [-0.1, -0.05) is 17.3 Å². The van der Waals surface area contributed by atoms with Crippen molar-refractivity contribution in [2.45, 2.75) is 26.8 Å². The fourth-order valence-electron chi connectivity index (χ4n) is 2.37. The molecule has 2 heterocycles. The van der Waals surface area contributed by atoms with Crippen molar-refractivity contribution >= 4 is 27.5 Å². The first kappa shape index (κ1) is 14.7. The summed E-state index contributed by atoms with van der Waals surface area (Å²) in [4.78, 5) is 19.0. The second-order valence-electron chi connectivity index (χ2n) is 5.31. The Labute approximate surface area is 132 Å². The molecule has 0 aliphatic heterocycles. The summed E-state index contributed by atoms with van der Waals surface area (Å²) in [5.41, 5.74) is 2.12. The Morgan fingerprint density at radius 1 is 1.32 bits per heavy atom. The number of amides is 1. The van der Waals surface area contributed by atoms with E-state index in [0.29, 0.717) is 17.0 Å². The van der Waals surface area contributed by atoms with Crippen LogP contribution < -0.4 is 0 Å². The van der Waals surface area contributed by atoms with Crippen LogP contribution in [0.1, 0.15) is 39.8 Å². The first-order chi connectivity index (χ1) is 10.5. The van der Waals surface area contributed by atoms with Crippen molar-refractivity contribution in [2.24, 2.45) is 0 Å². The number of rotatable bonds is 3. The van der Waals surface area contributed by atoms with Crippen LogP contribution in [0.5, 0.6) is 0 Å². The Kier molecular flexibility index (Phi) is 3.70. The van der Waals surface area contributed by atoms with Crippen LogP contribution in [0.4, 0.5) is 0 Å². The smallest absolute Gasteiger partial charge is 0.259 e. The number of hydrogen-bond donors (Lipinski definition) is 0. The number of para-hydroxylation sites is 1. The topological polar surface area (TPSA) is 59.2 Å². The summed E-state index contributed by atoms with van der Waals surface area (Å²) in [6.45, 7) is 5.51. The molecule has 0 saturated carbocycles. The first-order valence-electron chi connectivity index (χ1n) is 7.04. The lowest BCUT2D eigenvalue weighted by molar-refractivity contribution is 0.0740. The largest absolute Gasteiger partial charge is 0.361 e. The number of benzene rings is 1. The molecule has 0 aliphatic carbocycles. The summed E-state index contributed by atoms with van der Waals surface area (Å²) >= 11 is 1.61. The molecule has 114 valence electrons. The van der Waals surface area contributed by atoms with Gasteiger partial charge in [-0.25, -0.2) is 4.98 Å². The van der Waals surface area contributed by atoms with Gasteiger partial charge in [0.25, 0.3) is 5.91 Å². The van der Waals surface area contributed by atoms with Gasteiger partial charge in [-0.15, -0.1) is 11.3 Å². The summed E-state index contributed by atoms with van der Waals surface area (Å²) in [5, 5.41) is 4.77. The maximum Gasteiger partial charge on any atom is 0.259 e. The van der Waals surface area contributed by atoms with Crippen molar-refractivity contribution in [3.63, 3.8) is 0 Å².